The highest BCUT2D eigenvalue weighted by atomic mass is 14.8. The van der Waals surface area contributed by atoms with Crippen molar-refractivity contribution in [1.29, 1.82) is 0 Å². The van der Waals surface area contributed by atoms with Gasteiger partial charge in [0.15, 0.2) is 0 Å². The van der Waals surface area contributed by atoms with Crippen LogP contribution in [0.4, 0.5) is 0 Å². The molecular weight excluding hydrogens is 218 g/mol. The third-order valence-electron chi connectivity index (χ3n) is 5.86. The Bertz CT molecular complexity index is 433. The second-order valence-corrected chi connectivity index (χ2v) is 6.20. The van der Waals surface area contributed by atoms with Gasteiger partial charge in [-0.2, -0.15) is 0 Å². The van der Waals surface area contributed by atoms with Crippen LogP contribution >= 0.6 is 0 Å². The lowest BCUT2D eigenvalue weighted by Gasteiger charge is -2.60. The number of hydrogen-bond acceptors (Lipinski definition) is 1. The largest absolute Gasteiger partial charge is 0.327 e. The molecule has 0 radical (unpaired) electrons. The van der Waals surface area contributed by atoms with Gasteiger partial charge in [-0.1, -0.05) is 38.1 Å². The third-order valence-corrected chi connectivity index (χ3v) is 5.86. The maximum absolute atomic E-state index is 6.56. The van der Waals surface area contributed by atoms with Crippen LogP contribution < -0.4 is 5.73 Å². The summed E-state index contributed by atoms with van der Waals surface area (Å²) in [4.78, 5) is 0. The first-order valence-corrected chi connectivity index (χ1v) is 7.58. The van der Waals surface area contributed by atoms with Crippen LogP contribution in [0.3, 0.4) is 0 Å². The van der Waals surface area contributed by atoms with Crippen LogP contribution in [-0.4, -0.2) is 6.04 Å². The van der Waals surface area contributed by atoms with Gasteiger partial charge in [-0.05, 0) is 60.5 Å². The molecule has 0 spiro atoms. The Balaban J connectivity index is 2.07. The summed E-state index contributed by atoms with van der Waals surface area (Å²) >= 11 is 0. The highest BCUT2D eigenvalue weighted by Crippen LogP contribution is 2.62. The summed E-state index contributed by atoms with van der Waals surface area (Å²) in [5.41, 5.74) is 10.1. The molecule has 1 heteroatoms. The minimum atomic E-state index is 0.366. The Morgan fingerprint density at radius 2 is 1.94 bits per heavy atom. The molecule has 3 rings (SSSR count). The quantitative estimate of drug-likeness (QED) is 0.838. The molecule has 1 fully saturated rings. The number of hydrogen-bond donors (Lipinski definition) is 1. The van der Waals surface area contributed by atoms with Crippen molar-refractivity contribution >= 4 is 0 Å². The fraction of sp³-hybridized carbons (Fsp3) is 0.647. The first-order chi connectivity index (χ1) is 8.74. The van der Waals surface area contributed by atoms with Gasteiger partial charge in [0.05, 0.1) is 0 Å². The monoisotopic (exact) mass is 243 g/mol. The van der Waals surface area contributed by atoms with Gasteiger partial charge >= 0.3 is 0 Å². The van der Waals surface area contributed by atoms with Crippen molar-refractivity contribution in [3.8, 4) is 0 Å². The lowest BCUT2D eigenvalue weighted by Crippen LogP contribution is -2.62. The van der Waals surface area contributed by atoms with Gasteiger partial charge in [0, 0.05) is 6.04 Å². The van der Waals surface area contributed by atoms with Crippen LogP contribution in [0.25, 0.3) is 0 Å². The zero-order valence-corrected chi connectivity index (χ0v) is 11.7. The smallest absolute Gasteiger partial charge is 0.0136 e. The molecule has 2 aliphatic carbocycles. The van der Waals surface area contributed by atoms with Crippen molar-refractivity contribution in [3.05, 3.63) is 35.4 Å². The maximum atomic E-state index is 6.56. The second kappa shape index (κ2) is 4.38. The van der Waals surface area contributed by atoms with Gasteiger partial charge in [-0.25, -0.2) is 0 Å². The van der Waals surface area contributed by atoms with E-state index in [1.807, 2.05) is 0 Å². The van der Waals surface area contributed by atoms with Gasteiger partial charge in [0.1, 0.15) is 0 Å². The van der Waals surface area contributed by atoms with E-state index in [0.717, 1.165) is 11.8 Å². The zero-order chi connectivity index (χ0) is 12.8. The fourth-order valence-corrected chi connectivity index (χ4v) is 4.79. The topological polar surface area (TPSA) is 26.0 Å². The summed E-state index contributed by atoms with van der Waals surface area (Å²) in [6.07, 6.45) is 6.33. The Morgan fingerprint density at radius 3 is 2.67 bits per heavy atom. The third kappa shape index (κ3) is 1.43. The van der Waals surface area contributed by atoms with Crippen LogP contribution in [0.2, 0.25) is 0 Å². The average Bonchev–Trinajstić information content (AvgIpc) is 2.58. The summed E-state index contributed by atoms with van der Waals surface area (Å²) < 4.78 is 0. The minimum absolute atomic E-state index is 0.366. The van der Waals surface area contributed by atoms with Crippen molar-refractivity contribution in [3.63, 3.8) is 0 Å². The number of benzene rings is 1. The van der Waals surface area contributed by atoms with E-state index in [1.165, 1.54) is 32.1 Å². The molecule has 0 saturated heterocycles. The van der Waals surface area contributed by atoms with Gasteiger partial charge in [-0.3, -0.25) is 0 Å². The van der Waals surface area contributed by atoms with Crippen LogP contribution in [-0.2, 0) is 6.42 Å². The van der Waals surface area contributed by atoms with Crippen molar-refractivity contribution in [1.82, 2.24) is 0 Å². The molecular formula is C17H25N. The molecule has 1 aromatic rings. The molecule has 0 amide bonds. The number of fused-ring (bicyclic) bond motifs is 3. The summed E-state index contributed by atoms with van der Waals surface area (Å²) in [6, 6.07) is 9.52. The Hall–Kier alpha value is -0.820. The summed E-state index contributed by atoms with van der Waals surface area (Å²) in [7, 11) is 0. The number of rotatable bonds is 2. The van der Waals surface area contributed by atoms with Crippen molar-refractivity contribution in [2.24, 2.45) is 17.1 Å². The molecule has 2 aliphatic rings. The second-order valence-electron chi connectivity index (χ2n) is 6.20. The van der Waals surface area contributed by atoms with Gasteiger partial charge < -0.3 is 5.73 Å². The predicted octanol–water partition coefficient (Wildman–Crippen LogP) is 3.87. The lowest BCUT2D eigenvalue weighted by atomic mass is 9.46. The zero-order valence-electron chi connectivity index (χ0n) is 11.7. The van der Waals surface area contributed by atoms with E-state index in [2.05, 4.69) is 38.1 Å². The highest BCUT2D eigenvalue weighted by Gasteiger charge is 2.58. The average molecular weight is 243 g/mol. The molecule has 0 aromatic heterocycles. The predicted molar refractivity (Wildman–Crippen MR) is 76.6 cm³/mol. The molecule has 3 unspecified atom stereocenters. The lowest BCUT2D eigenvalue weighted by molar-refractivity contribution is -0.0305. The van der Waals surface area contributed by atoms with E-state index in [-0.39, 0.29) is 0 Å². The van der Waals surface area contributed by atoms with Crippen LogP contribution in [0.1, 0.15) is 56.6 Å². The Labute approximate surface area is 111 Å². The Kier molecular flexibility index (Phi) is 2.97. The van der Waals surface area contributed by atoms with Crippen molar-refractivity contribution in [2.75, 3.05) is 0 Å². The van der Waals surface area contributed by atoms with E-state index in [9.17, 15) is 0 Å². The van der Waals surface area contributed by atoms with Crippen LogP contribution in [0, 0.1) is 11.3 Å². The van der Waals surface area contributed by atoms with E-state index < -0.39 is 0 Å². The van der Waals surface area contributed by atoms with E-state index in [0.29, 0.717) is 11.5 Å². The van der Waals surface area contributed by atoms with Crippen LogP contribution in [0.5, 0.6) is 0 Å². The summed E-state index contributed by atoms with van der Waals surface area (Å²) in [5, 5.41) is 0. The van der Waals surface area contributed by atoms with Crippen LogP contribution in [0.15, 0.2) is 24.3 Å². The Morgan fingerprint density at radius 1 is 1.22 bits per heavy atom. The van der Waals surface area contributed by atoms with E-state index in [4.69, 9.17) is 5.73 Å². The molecule has 1 aromatic carbocycles. The van der Waals surface area contributed by atoms with Crippen molar-refractivity contribution in [2.45, 2.75) is 57.9 Å². The van der Waals surface area contributed by atoms with Gasteiger partial charge in [-0.15, -0.1) is 0 Å². The number of aryl methyl sites for hydroxylation is 1. The molecule has 1 saturated carbocycles. The molecule has 0 bridgehead atoms. The molecule has 0 heterocycles. The molecule has 98 valence electrons. The molecule has 0 aliphatic heterocycles. The molecule has 3 atom stereocenters. The first kappa shape index (κ1) is 12.2. The molecule has 18 heavy (non-hydrogen) atoms. The number of nitrogens with two attached hydrogens (primary N) is 1. The van der Waals surface area contributed by atoms with Gasteiger partial charge in [0.2, 0.25) is 0 Å². The van der Waals surface area contributed by atoms with Crippen molar-refractivity contribution < 1.29 is 0 Å². The highest BCUT2D eigenvalue weighted by molar-refractivity contribution is 5.38. The minimum Gasteiger partial charge on any atom is -0.327 e. The molecule has 2 N–H and O–H groups in total. The van der Waals surface area contributed by atoms with E-state index in [1.54, 1.807) is 11.1 Å². The molecule has 1 nitrogen and oxygen atoms in total. The normalized spacial score (nSPS) is 32.9. The van der Waals surface area contributed by atoms with E-state index >= 15 is 0 Å². The fourth-order valence-electron chi connectivity index (χ4n) is 4.79. The maximum Gasteiger partial charge on any atom is 0.0136 e. The summed E-state index contributed by atoms with van der Waals surface area (Å²) in [5.74, 6) is 1.45. The van der Waals surface area contributed by atoms with Gasteiger partial charge in [0.25, 0.3) is 0 Å². The standard InChI is InChI=1S/C17H25N/c1-3-17(4-2)15-13-10-6-5-8-12(13)9-7-11-14(15)16(17)18/h5-6,8,10,14-16H,3-4,7,9,11,18H2,1-2H3. The first-order valence-electron chi connectivity index (χ1n) is 7.58. The SMILES string of the molecule is CCC1(CC)C(N)C2CCCc3ccccc3C21. The summed E-state index contributed by atoms with van der Waals surface area (Å²) in [6.45, 7) is 4.65.